The molecule has 4 unspecified atom stereocenters. The number of carbonyl (C=O) groups is 4. The number of benzene rings is 3. The second-order valence-electron chi connectivity index (χ2n) is 18.8. The van der Waals surface area contributed by atoms with Gasteiger partial charge in [0, 0.05) is 38.8 Å². The van der Waals surface area contributed by atoms with Crippen LogP contribution < -0.4 is 14.8 Å². The molecule has 1 fully saturated rings. The Hall–Kier alpha value is -6.58. The van der Waals surface area contributed by atoms with Crippen molar-refractivity contribution in [2.24, 2.45) is 5.92 Å². The Labute approximate surface area is 400 Å². The Morgan fingerprint density at radius 2 is 1.68 bits per heavy atom. The normalized spacial score (nSPS) is 22.9. The van der Waals surface area contributed by atoms with E-state index in [0.29, 0.717) is 48.5 Å². The predicted octanol–water partition coefficient (Wildman–Crippen LogP) is 11.4. The molecular formula is C53H59N3O11S. The monoisotopic (exact) mass is 945 g/mol. The summed E-state index contributed by atoms with van der Waals surface area (Å²) < 4.78 is 24.8. The number of ether oxygens (including phenoxy) is 4. The number of aromatic amines is 1. The van der Waals surface area contributed by atoms with Gasteiger partial charge in [-0.05, 0) is 130 Å². The number of rotatable bonds is 12. The number of aromatic hydroxyl groups is 1. The third kappa shape index (κ3) is 9.33. The number of carboxylic acid groups (broad SMARTS) is 2. The number of amides is 1. The first-order valence-corrected chi connectivity index (χ1v) is 23.4. The fraction of sp³-hybridized carbons (Fsp3) is 0.377. The van der Waals surface area contributed by atoms with Gasteiger partial charge < -0.3 is 39.3 Å². The van der Waals surface area contributed by atoms with E-state index < -0.39 is 52.1 Å². The minimum atomic E-state index is -2.16. The van der Waals surface area contributed by atoms with E-state index in [2.05, 4.69) is 38.2 Å². The van der Waals surface area contributed by atoms with Gasteiger partial charge in [0.15, 0.2) is 11.4 Å². The molecule has 1 spiro atoms. The number of phenols is 1. The van der Waals surface area contributed by atoms with Crippen LogP contribution in [0.15, 0.2) is 111 Å². The second-order valence-corrected chi connectivity index (χ2v) is 19.9. The number of ketones is 1. The van der Waals surface area contributed by atoms with E-state index in [1.807, 2.05) is 83.2 Å². The molecule has 4 atom stereocenters. The minimum Gasteiger partial charge on any atom is -0.506 e. The van der Waals surface area contributed by atoms with Crippen molar-refractivity contribution in [2.75, 3.05) is 12.4 Å². The van der Waals surface area contributed by atoms with Gasteiger partial charge in [0.2, 0.25) is 11.5 Å². The van der Waals surface area contributed by atoms with Crippen molar-refractivity contribution >= 4 is 58.6 Å². The quantitative estimate of drug-likeness (QED) is 0.0663. The van der Waals surface area contributed by atoms with Crippen molar-refractivity contribution in [1.82, 2.24) is 9.97 Å². The highest BCUT2D eigenvalue weighted by molar-refractivity contribution is 7.99. The van der Waals surface area contributed by atoms with Crippen LogP contribution in [0, 0.1) is 5.92 Å². The van der Waals surface area contributed by atoms with E-state index in [1.165, 1.54) is 30.6 Å². The zero-order chi connectivity index (χ0) is 49.3. The lowest BCUT2D eigenvalue weighted by molar-refractivity contribution is -0.184. The molecule has 15 heteroatoms. The van der Waals surface area contributed by atoms with E-state index in [1.54, 1.807) is 37.8 Å². The first-order valence-electron chi connectivity index (χ1n) is 22.6. The number of imidazole rings is 1. The molecule has 0 radical (unpaired) electrons. The van der Waals surface area contributed by atoms with Crippen LogP contribution in [0.4, 0.5) is 10.7 Å². The van der Waals surface area contributed by atoms with E-state index in [4.69, 9.17) is 14.2 Å². The van der Waals surface area contributed by atoms with Gasteiger partial charge in [-0.3, -0.25) is 10.1 Å². The van der Waals surface area contributed by atoms with Crippen molar-refractivity contribution in [3.05, 3.63) is 118 Å². The lowest BCUT2D eigenvalue weighted by Crippen LogP contribution is -2.66. The van der Waals surface area contributed by atoms with Gasteiger partial charge in [0.25, 0.3) is 0 Å². The van der Waals surface area contributed by atoms with Crippen molar-refractivity contribution < 1.29 is 53.4 Å². The van der Waals surface area contributed by atoms with E-state index in [9.17, 15) is 34.5 Å². The number of methoxy groups -OCH3 is 1. The smallest absolute Gasteiger partial charge is 0.413 e. The largest absolute Gasteiger partial charge is 0.506 e. The Morgan fingerprint density at radius 3 is 2.34 bits per heavy atom. The molecule has 8 rings (SSSR count). The number of aliphatic carboxylic acids is 2. The summed E-state index contributed by atoms with van der Waals surface area (Å²) >= 11 is 1.67. The summed E-state index contributed by atoms with van der Waals surface area (Å²) in [5.74, 6) is -3.16. The van der Waals surface area contributed by atoms with Gasteiger partial charge in [-0.1, -0.05) is 65.4 Å². The summed E-state index contributed by atoms with van der Waals surface area (Å²) in [6.07, 6.45) is 12.6. The Kier molecular flexibility index (Phi) is 13.9. The third-order valence-electron chi connectivity index (χ3n) is 12.9. The lowest BCUT2D eigenvalue weighted by Gasteiger charge is -2.50. The van der Waals surface area contributed by atoms with Gasteiger partial charge in [-0.25, -0.2) is 19.4 Å². The Bertz CT molecular complexity index is 2830. The molecule has 1 aliphatic carbocycles. The number of nitrogens with one attached hydrogen (secondary N) is 2. The molecule has 3 aromatic carbocycles. The third-order valence-corrected chi connectivity index (χ3v) is 13.9. The number of nitrogens with zero attached hydrogens (tertiary/aromatic N) is 1. The van der Waals surface area contributed by atoms with E-state index >= 15 is 0 Å². The summed E-state index contributed by atoms with van der Waals surface area (Å²) in [4.78, 5) is 60.8. The first kappa shape index (κ1) is 49.3. The van der Waals surface area contributed by atoms with Crippen LogP contribution in [0.5, 0.6) is 17.2 Å². The van der Waals surface area contributed by atoms with Crippen molar-refractivity contribution in [1.29, 1.82) is 0 Å². The van der Waals surface area contributed by atoms with Crippen LogP contribution in [-0.2, 0) is 25.5 Å². The number of carboxylic acids is 2. The summed E-state index contributed by atoms with van der Waals surface area (Å²) in [6, 6.07) is 16.1. The minimum absolute atomic E-state index is 0.0407. The molecule has 4 heterocycles. The van der Waals surface area contributed by atoms with Gasteiger partial charge in [0.1, 0.15) is 28.4 Å². The van der Waals surface area contributed by atoms with Crippen LogP contribution in [0.1, 0.15) is 109 Å². The van der Waals surface area contributed by atoms with Gasteiger partial charge in [-0.2, -0.15) is 0 Å². The molecule has 0 bridgehead atoms. The number of hydrogen-bond acceptors (Lipinski definition) is 11. The maximum absolute atomic E-state index is 14.7. The number of fused-ring (bicyclic) bond motifs is 3. The first-order chi connectivity index (χ1) is 32.1. The van der Waals surface area contributed by atoms with Crippen LogP contribution in [0.2, 0.25) is 0 Å². The summed E-state index contributed by atoms with van der Waals surface area (Å²) in [6.45, 7) is 14.9. The van der Waals surface area contributed by atoms with Crippen molar-refractivity contribution in [3.63, 3.8) is 0 Å². The fourth-order valence-electron chi connectivity index (χ4n) is 9.55. The van der Waals surface area contributed by atoms with Crippen molar-refractivity contribution in [3.8, 4) is 17.2 Å². The van der Waals surface area contributed by atoms with Crippen LogP contribution in [0.25, 0.3) is 17.1 Å². The number of hydrogen-bond donors (Lipinski definition) is 5. The van der Waals surface area contributed by atoms with Crippen LogP contribution >= 0.6 is 11.8 Å². The number of Topliss-reactive ketones (excluding diaryl/α,β-unsaturated/α-hetero) is 1. The van der Waals surface area contributed by atoms with Gasteiger partial charge in [0.05, 0.1) is 29.3 Å². The maximum Gasteiger partial charge on any atom is 0.413 e. The number of carbonyl (C=O) groups excluding carboxylic acids is 2. The van der Waals surface area contributed by atoms with Gasteiger partial charge >= 0.3 is 18.0 Å². The number of phenolic OH excluding ortho intramolecular Hbond substituents is 1. The lowest BCUT2D eigenvalue weighted by atomic mass is 9.60. The molecule has 1 saturated heterocycles. The zero-order valence-corrected chi connectivity index (χ0v) is 40.7. The molecule has 1 aromatic heterocycles. The van der Waals surface area contributed by atoms with Crippen molar-refractivity contribution in [2.45, 2.75) is 126 Å². The molecule has 0 saturated carbocycles. The molecule has 68 heavy (non-hydrogen) atoms. The summed E-state index contributed by atoms with van der Waals surface area (Å²) in [5, 5.41) is 34.9. The second kappa shape index (κ2) is 19.2. The number of anilines is 1. The molecule has 5 N–H and O–H groups in total. The molecule has 3 aliphatic heterocycles. The molecule has 4 aromatic rings. The molecule has 1 amide bonds. The average molecular weight is 946 g/mol. The van der Waals surface area contributed by atoms with E-state index in [0.717, 1.165) is 27.9 Å². The Balaban J connectivity index is 0.000000270. The SMILES string of the molecule is CC(C)=CCCC1(C)C=Cc2c(O)c3c(c(CC=C(C)C)c2O1)OC12C(=CCCC1C(C)(C)OC2(CC=C(C)C(=O)O)C(=O)O)C3=O.COC(=O)Nc1nc2ccc(Sc3ccccc3)cc2[nH]1. The van der Waals surface area contributed by atoms with Crippen LogP contribution in [-0.4, -0.2) is 78.6 Å². The molecular weight excluding hydrogens is 887 g/mol. The predicted molar refractivity (Wildman–Crippen MR) is 261 cm³/mol. The number of H-pyrrole nitrogens is 1. The fourth-order valence-corrected chi connectivity index (χ4v) is 10.4. The van der Waals surface area contributed by atoms with Gasteiger partial charge in [-0.15, -0.1) is 0 Å². The van der Waals surface area contributed by atoms with E-state index in [-0.39, 0.29) is 34.6 Å². The number of aromatic nitrogens is 2. The highest BCUT2D eigenvalue weighted by Gasteiger charge is 2.77. The Morgan fingerprint density at radius 1 is 0.956 bits per heavy atom. The molecule has 14 nitrogen and oxygen atoms in total. The summed E-state index contributed by atoms with van der Waals surface area (Å²) in [7, 11) is 1.31. The molecule has 358 valence electrons. The standard InChI is InChI=1S/C38H46O9.C15H13N3O2S/c1-21(2)11-10-18-36(8)19-17-24-29(39)28-30(40)26-12-9-13-27-35(6,7)47-37(34(43)44,20-16-23(5)33(41)42)38(26,27)46-32(28)25(31(24)45-36)15-14-22(3)4;1-20-15(19)18-14-16-12-8-7-11(9-13(12)17-14)21-10-5-3-2-4-6-10/h11-12,14,16-17,19,27,39H,9-10,13,15,18,20H2,1-8H3,(H,41,42)(H,43,44);2-9H,1H3,(H2,16,17,18,19). The number of allylic oxidation sites excluding steroid dienone is 5. The summed E-state index contributed by atoms with van der Waals surface area (Å²) in [5.41, 5.74) is -1.01. The highest BCUT2D eigenvalue weighted by atomic mass is 32.2. The molecule has 4 aliphatic rings. The topological polar surface area (TPSA) is 207 Å². The maximum atomic E-state index is 14.7. The zero-order valence-electron chi connectivity index (χ0n) is 39.9. The highest BCUT2D eigenvalue weighted by Crippen LogP contribution is 2.64. The van der Waals surface area contributed by atoms with Crippen LogP contribution in [0.3, 0.4) is 0 Å². The average Bonchev–Trinajstić information content (AvgIpc) is 3.77.